The zero-order valence-corrected chi connectivity index (χ0v) is 15.6. The second-order valence-corrected chi connectivity index (χ2v) is 7.17. The molecular weight excluding hydrogens is 304 g/mol. The number of amides is 3. The number of nitrogens with one attached hydrogen (secondary N) is 3. The Balaban J connectivity index is 2.34. The third-order valence-corrected chi connectivity index (χ3v) is 3.39. The fourth-order valence-electron chi connectivity index (χ4n) is 2.07. The number of carbonyl (C=O) groups is 2. The first kappa shape index (κ1) is 19.8. The first-order valence-electron chi connectivity index (χ1n) is 8.21. The molecule has 0 saturated carbocycles. The lowest BCUT2D eigenvalue weighted by atomic mass is 10.1. The lowest BCUT2D eigenvalue weighted by Crippen LogP contribution is -2.52. The summed E-state index contributed by atoms with van der Waals surface area (Å²) in [5.74, 6) is -0.197. The minimum Gasteiger partial charge on any atom is -0.378 e. The van der Waals surface area contributed by atoms with Gasteiger partial charge in [0, 0.05) is 31.9 Å². The number of carbonyl (C=O) groups excluding carboxylic acids is 2. The Bertz CT molecular complexity index is 547. The van der Waals surface area contributed by atoms with E-state index in [1.165, 1.54) is 0 Å². The molecule has 0 unspecified atom stereocenters. The van der Waals surface area contributed by atoms with E-state index in [4.69, 9.17) is 0 Å². The molecule has 0 aliphatic carbocycles. The molecule has 0 bridgehead atoms. The van der Waals surface area contributed by atoms with Gasteiger partial charge < -0.3 is 20.9 Å². The van der Waals surface area contributed by atoms with Crippen LogP contribution < -0.4 is 20.9 Å². The quantitative estimate of drug-likeness (QED) is 0.744. The summed E-state index contributed by atoms with van der Waals surface area (Å²) in [6, 6.07) is 7.28. The lowest BCUT2D eigenvalue weighted by Gasteiger charge is -2.23. The van der Waals surface area contributed by atoms with Gasteiger partial charge >= 0.3 is 6.03 Å². The maximum atomic E-state index is 11.9. The molecule has 0 aromatic heterocycles. The topological polar surface area (TPSA) is 73.5 Å². The largest absolute Gasteiger partial charge is 0.378 e. The van der Waals surface area contributed by atoms with Gasteiger partial charge in [0.15, 0.2) is 0 Å². The molecule has 3 amide bonds. The summed E-state index contributed by atoms with van der Waals surface area (Å²) in [7, 11) is 4.00. The third kappa shape index (κ3) is 7.35. The molecule has 6 heteroatoms. The molecule has 0 aliphatic rings. The van der Waals surface area contributed by atoms with Crippen LogP contribution in [-0.4, -0.2) is 44.2 Å². The highest BCUT2D eigenvalue weighted by atomic mass is 16.2. The van der Waals surface area contributed by atoms with Crippen molar-refractivity contribution in [2.75, 3.05) is 25.5 Å². The monoisotopic (exact) mass is 334 g/mol. The van der Waals surface area contributed by atoms with E-state index in [0.29, 0.717) is 6.54 Å². The summed E-state index contributed by atoms with van der Waals surface area (Å²) in [6.45, 7) is 7.89. The van der Waals surface area contributed by atoms with Crippen molar-refractivity contribution in [1.82, 2.24) is 16.0 Å². The predicted molar refractivity (Wildman–Crippen MR) is 98.4 cm³/mol. The Kier molecular flexibility index (Phi) is 7.07. The van der Waals surface area contributed by atoms with E-state index < -0.39 is 6.04 Å². The van der Waals surface area contributed by atoms with E-state index in [1.54, 1.807) is 6.92 Å². The van der Waals surface area contributed by atoms with Gasteiger partial charge in [0.25, 0.3) is 0 Å². The molecule has 1 aromatic carbocycles. The van der Waals surface area contributed by atoms with Crippen LogP contribution in [0, 0.1) is 0 Å². The van der Waals surface area contributed by atoms with Crippen LogP contribution >= 0.6 is 0 Å². The van der Waals surface area contributed by atoms with E-state index in [0.717, 1.165) is 17.7 Å². The Morgan fingerprint density at radius 2 is 1.71 bits per heavy atom. The molecule has 24 heavy (non-hydrogen) atoms. The highest BCUT2D eigenvalue weighted by Crippen LogP contribution is 2.12. The Morgan fingerprint density at radius 1 is 1.12 bits per heavy atom. The van der Waals surface area contributed by atoms with Crippen LogP contribution in [0.3, 0.4) is 0 Å². The standard InChI is InChI=1S/C18H30N4O2/c1-13(16(23)21-18(2,3)4)20-17(24)19-12-11-14-7-9-15(10-8-14)22(5)6/h7-10,13H,11-12H2,1-6H3,(H,21,23)(H2,19,20,24)/t13-/m0/s1. The van der Waals surface area contributed by atoms with E-state index in [2.05, 4.69) is 16.0 Å². The van der Waals surface area contributed by atoms with Crippen LogP contribution in [-0.2, 0) is 11.2 Å². The third-order valence-electron chi connectivity index (χ3n) is 3.39. The number of hydrogen-bond acceptors (Lipinski definition) is 3. The van der Waals surface area contributed by atoms with Crippen molar-refractivity contribution in [3.63, 3.8) is 0 Å². The van der Waals surface area contributed by atoms with Gasteiger partial charge in [-0.25, -0.2) is 4.79 Å². The first-order chi connectivity index (χ1) is 11.1. The molecule has 0 fully saturated rings. The molecule has 0 saturated heterocycles. The highest BCUT2D eigenvalue weighted by molar-refractivity contribution is 5.87. The lowest BCUT2D eigenvalue weighted by molar-refractivity contribution is -0.123. The molecule has 134 valence electrons. The van der Waals surface area contributed by atoms with Crippen molar-refractivity contribution in [3.8, 4) is 0 Å². The van der Waals surface area contributed by atoms with Gasteiger partial charge in [-0.3, -0.25) is 4.79 Å². The maximum absolute atomic E-state index is 11.9. The Hall–Kier alpha value is -2.24. The minimum absolute atomic E-state index is 0.197. The van der Waals surface area contributed by atoms with Gasteiger partial charge in [-0.15, -0.1) is 0 Å². The zero-order valence-electron chi connectivity index (χ0n) is 15.6. The van der Waals surface area contributed by atoms with E-state index in [1.807, 2.05) is 64.0 Å². The molecule has 0 aliphatic heterocycles. The van der Waals surface area contributed by atoms with Crippen molar-refractivity contribution >= 4 is 17.6 Å². The van der Waals surface area contributed by atoms with Gasteiger partial charge in [0.2, 0.25) is 5.91 Å². The number of urea groups is 1. The molecular formula is C18H30N4O2. The number of nitrogens with zero attached hydrogens (tertiary/aromatic N) is 1. The van der Waals surface area contributed by atoms with Crippen LogP contribution in [0.25, 0.3) is 0 Å². The van der Waals surface area contributed by atoms with Crippen LogP contribution in [0.1, 0.15) is 33.3 Å². The van der Waals surface area contributed by atoms with Crippen molar-refractivity contribution in [2.45, 2.75) is 45.7 Å². The van der Waals surface area contributed by atoms with Crippen LogP contribution in [0.4, 0.5) is 10.5 Å². The molecule has 0 radical (unpaired) electrons. The average molecular weight is 334 g/mol. The smallest absolute Gasteiger partial charge is 0.315 e. The number of anilines is 1. The molecule has 1 aromatic rings. The van der Waals surface area contributed by atoms with Crippen molar-refractivity contribution < 1.29 is 9.59 Å². The van der Waals surface area contributed by atoms with Crippen molar-refractivity contribution in [3.05, 3.63) is 29.8 Å². The molecule has 0 heterocycles. The Morgan fingerprint density at radius 3 is 2.21 bits per heavy atom. The average Bonchev–Trinajstić information content (AvgIpc) is 2.45. The fourth-order valence-corrected chi connectivity index (χ4v) is 2.07. The van der Waals surface area contributed by atoms with Crippen LogP contribution in [0.2, 0.25) is 0 Å². The fraction of sp³-hybridized carbons (Fsp3) is 0.556. The summed E-state index contributed by atoms with van der Waals surface area (Å²) in [6.07, 6.45) is 0.740. The van der Waals surface area contributed by atoms with Gasteiger partial charge in [0.1, 0.15) is 6.04 Å². The van der Waals surface area contributed by atoms with Crippen molar-refractivity contribution in [2.24, 2.45) is 0 Å². The van der Waals surface area contributed by atoms with Gasteiger partial charge in [0.05, 0.1) is 0 Å². The predicted octanol–water partition coefficient (Wildman–Crippen LogP) is 1.90. The summed E-state index contributed by atoms with van der Waals surface area (Å²) in [5, 5.41) is 8.26. The SMILES string of the molecule is C[C@H](NC(=O)NCCc1ccc(N(C)C)cc1)C(=O)NC(C)(C)C. The Labute approximate surface area is 145 Å². The maximum Gasteiger partial charge on any atom is 0.315 e. The van der Waals surface area contributed by atoms with E-state index >= 15 is 0 Å². The number of rotatable bonds is 6. The normalized spacial score (nSPS) is 12.2. The van der Waals surface area contributed by atoms with Crippen LogP contribution in [0.15, 0.2) is 24.3 Å². The van der Waals surface area contributed by atoms with Gasteiger partial charge in [-0.1, -0.05) is 12.1 Å². The van der Waals surface area contributed by atoms with Crippen LogP contribution in [0.5, 0.6) is 0 Å². The minimum atomic E-state index is -0.580. The number of benzene rings is 1. The molecule has 6 nitrogen and oxygen atoms in total. The van der Waals surface area contributed by atoms with Gasteiger partial charge in [-0.2, -0.15) is 0 Å². The number of hydrogen-bond donors (Lipinski definition) is 3. The molecule has 1 rings (SSSR count). The summed E-state index contributed by atoms with van der Waals surface area (Å²) in [5.41, 5.74) is 1.98. The van der Waals surface area contributed by atoms with Crippen molar-refractivity contribution in [1.29, 1.82) is 0 Å². The second-order valence-electron chi connectivity index (χ2n) is 7.17. The second kappa shape index (κ2) is 8.57. The molecule has 1 atom stereocenters. The molecule has 3 N–H and O–H groups in total. The molecule has 0 spiro atoms. The summed E-state index contributed by atoms with van der Waals surface area (Å²) in [4.78, 5) is 25.8. The van der Waals surface area contributed by atoms with Gasteiger partial charge in [-0.05, 0) is 51.8 Å². The summed E-state index contributed by atoms with van der Waals surface area (Å²) >= 11 is 0. The highest BCUT2D eigenvalue weighted by Gasteiger charge is 2.20. The zero-order chi connectivity index (χ0) is 18.3. The van der Waals surface area contributed by atoms with E-state index in [9.17, 15) is 9.59 Å². The first-order valence-corrected chi connectivity index (χ1v) is 8.21. The van der Waals surface area contributed by atoms with E-state index in [-0.39, 0.29) is 17.5 Å². The summed E-state index contributed by atoms with van der Waals surface area (Å²) < 4.78 is 0.